The van der Waals surface area contributed by atoms with Gasteiger partial charge in [0.05, 0.1) is 24.1 Å². The minimum absolute atomic E-state index is 0.0394. The number of H-pyrrole nitrogens is 1. The molecule has 9 rings (SSSR count). The van der Waals surface area contributed by atoms with Gasteiger partial charge in [0.1, 0.15) is 17.0 Å². The number of fused-ring (bicyclic) bond motifs is 4. The predicted octanol–water partition coefficient (Wildman–Crippen LogP) is 4.32. The molecule has 2 unspecified atom stereocenters. The van der Waals surface area contributed by atoms with Crippen LogP contribution in [-0.2, 0) is 9.53 Å². The minimum Gasteiger partial charge on any atom is -0.466 e. The molecule has 37 heavy (non-hydrogen) atoms. The molecule has 9 nitrogen and oxygen atoms in total. The third kappa shape index (κ3) is 3.23. The van der Waals surface area contributed by atoms with Gasteiger partial charge in [-0.2, -0.15) is 5.10 Å². The van der Waals surface area contributed by atoms with Gasteiger partial charge in [-0.3, -0.25) is 9.89 Å². The summed E-state index contributed by atoms with van der Waals surface area (Å²) < 4.78 is 21.6. The van der Waals surface area contributed by atoms with Crippen LogP contribution < -0.4 is 5.32 Å². The first-order valence-corrected chi connectivity index (χ1v) is 13.4. The van der Waals surface area contributed by atoms with Crippen molar-refractivity contribution in [3.8, 4) is 11.5 Å². The largest absolute Gasteiger partial charge is 0.466 e. The van der Waals surface area contributed by atoms with Crippen LogP contribution in [-0.4, -0.2) is 48.4 Å². The van der Waals surface area contributed by atoms with Gasteiger partial charge in [0, 0.05) is 17.7 Å². The third-order valence-electron chi connectivity index (χ3n) is 9.13. The molecule has 4 heterocycles. The summed E-state index contributed by atoms with van der Waals surface area (Å²) >= 11 is 0. The van der Waals surface area contributed by atoms with E-state index in [4.69, 9.17) is 14.8 Å². The number of carbonyl (C=O) groups excluding carboxylic acids is 1. The number of pyridine rings is 1. The highest BCUT2D eigenvalue weighted by Crippen LogP contribution is 2.64. The molecule has 6 atom stereocenters. The maximum absolute atomic E-state index is 14.1. The molecule has 4 aromatic heterocycles. The Labute approximate surface area is 212 Å². The molecule has 2 N–H and O–H groups in total. The number of aromatic amines is 1. The van der Waals surface area contributed by atoms with Gasteiger partial charge in [0.25, 0.3) is 0 Å². The zero-order chi connectivity index (χ0) is 24.8. The van der Waals surface area contributed by atoms with Crippen molar-refractivity contribution in [2.45, 2.75) is 51.0 Å². The maximum atomic E-state index is 14.1. The van der Waals surface area contributed by atoms with E-state index in [9.17, 15) is 9.18 Å². The Kier molecular flexibility index (Phi) is 4.49. The molecule has 0 aliphatic heterocycles. The molecule has 5 aliphatic carbocycles. The lowest BCUT2D eigenvalue weighted by molar-refractivity contribution is -0.155. The van der Waals surface area contributed by atoms with Crippen LogP contribution in [0.25, 0.3) is 28.1 Å². The summed E-state index contributed by atoms with van der Waals surface area (Å²) in [7, 11) is 0. The molecule has 190 valence electrons. The molecule has 0 spiro atoms. The lowest BCUT2D eigenvalue weighted by Gasteiger charge is -2.47. The molecule has 0 radical (unpaired) electrons. The van der Waals surface area contributed by atoms with E-state index in [0.717, 1.165) is 43.1 Å². The fourth-order valence-electron chi connectivity index (χ4n) is 7.33. The molecule has 0 amide bonds. The third-order valence-corrected chi connectivity index (χ3v) is 9.13. The van der Waals surface area contributed by atoms with Crippen LogP contribution >= 0.6 is 0 Å². The Hall–Kier alpha value is -3.56. The van der Waals surface area contributed by atoms with E-state index in [1.807, 2.05) is 11.4 Å². The number of halogens is 1. The van der Waals surface area contributed by atoms with Crippen LogP contribution in [0.3, 0.4) is 0 Å². The molecular weight excluding hydrogens is 473 g/mol. The minimum atomic E-state index is -0.441. The molecule has 0 aromatic carbocycles. The van der Waals surface area contributed by atoms with Crippen LogP contribution in [0, 0.1) is 35.4 Å². The predicted molar refractivity (Wildman–Crippen MR) is 133 cm³/mol. The maximum Gasteiger partial charge on any atom is 0.311 e. The van der Waals surface area contributed by atoms with Crippen LogP contribution in [0.1, 0.15) is 50.6 Å². The SMILES string of the molecule is CCOC(=O)[C@H]1[C@H](Nc2nc(-c3n[nH]c4ncc(F)cc34)nn3c(C4CC4)ccc23)[C@@H]2CC[C@H]1C1CC12. The first-order valence-electron chi connectivity index (χ1n) is 13.4. The molecule has 5 fully saturated rings. The van der Waals surface area contributed by atoms with Crippen molar-refractivity contribution in [2.24, 2.45) is 29.6 Å². The number of rotatable bonds is 6. The number of nitrogens with zero attached hydrogens (tertiary/aromatic N) is 5. The number of esters is 1. The van der Waals surface area contributed by atoms with Crippen molar-refractivity contribution in [3.05, 3.63) is 35.9 Å². The number of nitrogens with one attached hydrogen (secondary N) is 2. The molecule has 0 saturated heterocycles. The lowest BCUT2D eigenvalue weighted by atomic mass is 9.61. The Morgan fingerprint density at radius 3 is 2.86 bits per heavy atom. The van der Waals surface area contributed by atoms with Gasteiger partial charge in [-0.15, -0.1) is 5.10 Å². The van der Waals surface area contributed by atoms with Gasteiger partial charge < -0.3 is 10.1 Å². The topological polar surface area (TPSA) is 110 Å². The zero-order valence-corrected chi connectivity index (χ0v) is 20.5. The highest BCUT2D eigenvalue weighted by Gasteiger charge is 2.63. The highest BCUT2D eigenvalue weighted by molar-refractivity contribution is 5.89. The van der Waals surface area contributed by atoms with Crippen molar-refractivity contribution in [1.82, 2.24) is 29.8 Å². The van der Waals surface area contributed by atoms with Crippen LogP contribution in [0.4, 0.5) is 10.2 Å². The summed E-state index contributed by atoms with van der Waals surface area (Å²) in [4.78, 5) is 22.3. The molecular formula is C27H28FN7O2. The Bertz CT molecular complexity index is 1560. The van der Waals surface area contributed by atoms with E-state index in [-0.39, 0.29) is 17.9 Å². The number of hydrogen-bond donors (Lipinski definition) is 2. The second-order valence-corrected chi connectivity index (χ2v) is 11.2. The summed E-state index contributed by atoms with van der Waals surface area (Å²) in [5.41, 5.74) is 2.96. The first-order chi connectivity index (χ1) is 18.1. The summed E-state index contributed by atoms with van der Waals surface area (Å²) in [6, 6.07) is 5.54. The second kappa shape index (κ2) is 7.72. The van der Waals surface area contributed by atoms with E-state index in [0.29, 0.717) is 64.6 Å². The van der Waals surface area contributed by atoms with Crippen LogP contribution in [0.5, 0.6) is 0 Å². The second-order valence-electron chi connectivity index (χ2n) is 11.2. The van der Waals surface area contributed by atoms with Crippen LogP contribution in [0.15, 0.2) is 24.4 Å². The van der Waals surface area contributed by atoms with E-state index in [1.165, 1.54) is 12.5 Å². The quantitative estimate of drug-likeness (QED) is 0.379. The van der Waals surface area contributed by atoms with Gasteiger partial charge >= 0.3 is 5.97 Å². The Balaban J connectivity index is 1.26. The number of aromatic nitrogens is 6. The van der Waals surface area contributed by atoms with Gasteiger partial charge in [-0.05, 0) is 80.9 Å². The number of hydrogen-bond acceptors (Lipinski definition) is 7. The Morgan fingerprint density at radius 1 is 1.19 bits per heavy atom. The average molecular weight is 502 g/mol. The monoisotopic (exact) mass is 501 g/mol. The average Bonchev–Trinajstić information content (AvgIpc) is 3.82. The zero-order valence-electron chi connectivity index (χ0n) is 20.5. The number of carbonyl (C=O) groups is 1. The fraction of sp³-hybridized carbons (Fsp3) is 0.519. The smallest absolute Gasteiger partial charge is 0.311 e. The normalized spacial score (nSPS) is 30.0. The van der Waals surface area contributed by atoms with Gasteiger partial charge in [-0.25, -0.2) is 18.9 Å². The van der Waals surface area contributed by atoms with Gasteiger partial charge in [0.2, 0.25) is 5.82 Å². The van der Waals surface area contributed by atoms with Crippen molar-refractivity contribution in [3.63, 3.8) is 0 Å². The highest BCUT2D eigenvalue weighted by atomic mass is 19.1. The number of anilines is 1. The summed E-state index contributed by atoms with van der Waals surface area (Å²) in [6.07, 6.45) is 6.85. The van der Waals surface area contributed by atoms with Gasteiger partial charge in [0.15, 0.2) is 11.5 Å². The van der Waals surface area contributed by atoms with Crippen molar-refractivity contribution in [1.29, 1.82) is 0 Å². The molecule has 5 saturated carbocycles. The standard InChI is InChI=1S/C27H28FN7O2/c1-2-37-27(36)21-14-5-6-15(17-10-16(14)17)22(21)30-25-20-8-7-19(12-3-4-12)35(20)34-26(31-25)23-18-9-13(28)11-29-24(18)33-32-23/h7-9,11-12,14-17,21-22H,2-6,10H2,1H3,(H,29,32,33)(H,30,31,34)/t14-,15+,16?,17?,21+,22+/m0/s1. The Morgan fingerprint density at radius 2 is 2.03 bits per heavy atom. The molecule has 4 aromatic rings. The van der Waals surface area contributed by atoms with Crippen molar-refractivity contribution >= 4 is 28.3 Å². The van der Waals surface area contributed by atoms with E-state index < -0.39 is 5.82 Å². The fourth-order valence-corrected chi connectivity index (χ4v) is 7.33. The lowest BCUT2D eigenvalue weighted by Crippen LogP contribution is -2.53. The van der Waals surface area contributed by atoms with Crippen molar-refractivity contribution < 1.29 is 13.9 Å². The van der Waals surface area contributed by atoms with E-state index >= 15 is 0 Å². The summed E-state index contributed by atoms with van der Waals surface area (Å²) in [5, 5.41) is 16.4. The molecule has 5 aliphatic rings. The van der Waals surface area contributed by atoms with Gasteiger partial charge in [-0.1, -0.05) is 0 Å². The summed E-state index contributed by atoms with van der Waals surface area (Å²) in [5.74, 6) is 2.94. The number of ether oxygens (including phenoxy) is 1. The van der Waals surface area contributed by atoms with E-state index in [1.54, 1.807) is 0 Å². The summed E-state index contributed by atoms with van der Waals surface area (Å²) in [6.45, 7) is 2.25. The molecule has 2 bridgehead atoms. The van der Waals surface area contributed by atoms with Crippen LogP contribution in [0.2, 0.25) is 0 Å². The van der Waals surface area contributed by atoms with Crippen molar-refractivity contribution in [2.75, 3.05) is 11.9 Å². The van der Waals surface area contributed by atoms with E-state index in [2.05, 4.69) is 32.6 Å². The first kappa shape index (κ1) is 21.5. The molecule has 10 heteroatoms.